The molecule has 8 bridgehead atoms. The maximum Gasteiger partial charge on any atom is 0.135 e. The molecule has 1 aliphatic heterocycles. The topological polar surface area (TPSA) is 38.7 Å². The number of hydrogen-bond donors (Lipinski definition) is 0. The number of benzene rings is 2. The van der Waals surface area contributed by atoms with E-state index < -0.39 is 0 Å². The molecule has 1 aliphatic rings. The van der Waals surface area contributed by atoms with Gasteiger partial charge in [0.25, 0.3) is 0 Å². The third-order valence-electron chi connectivity index (χ3n) is 6.02. The van der Waals surface area contributed by atoms with Crippen molar-refractivity contribution in [2.45, 2.75) is 0 Å². The summed E-state index contributed by atoms with van der Waals surface area (Å²) in [6, 6.07) is 29.1. The minimum absolute atomic E-state index is 0.884. The Morgan fingerprint density at radius 3 is 0.938 bits per heavy atom. The first-order chi connectivity index (χ1) is 15.5. The summed E-state index contributed by atoms with van der Waals surface area (Å²) >= 11 is 0. The van der Waals surface area contributed by atoms with Crippen molar-refractivity contribution in [3.8, 4) is 0 Å². The van der Waals surface area contributed by atoms with E-state index in [9.17, 15) is 0 Å². The molecule has 0 N–H and O–H groups in total. The molecular weight excluding hydrogens is 396 g/mol. The Bertz CT molecular complexity index is 995. The van der Waals surface area contributed by atoms with Crippen molar-refractivity contribution in [2.24, 2.45) is 0 Å². The second-order valence-corrected chi connectivity index (χ2v) is 7.98. The van der Waals surface area contributed by atoms with Gasteiger partial charge in [-0.1, -0.05) is 24.3 Å². The van der Waals surface area contributed by atoms with Crippen LogP contribution in [0.5, 0.6) is 0 Å². The summed E-state index contributed by atoms with van der Waals surface area (Å²) in [5.41, 5.74) is 4.24. The number of pyridine rings is 2. The van der Waals surface area contributed by atoms with Gasteiger partial charge >= 0.3 is 0 Å². The predicted octanol–water partition coefficient (Wildman–Crippen LogP) is 5.86. The molecule has 0 saturated heterocycles. The zero-order valence-electron chi connectivity index (χ0n) is 18.8. The Labute approximate surface area is 189 Å². The first-order valence-electron chi connectivity index (χ1n) is 10.6. The van der Waals surface area contributed by atoms with Crippen LogP contribution in [0.4, 0.5) is 46.0 Å². The lowest BCUT2D eigenvalue weighted by Gasteiger charge is -2.27. The van der Waals surface area contributed by atoms with Crippen molar-refractivity contribution in [1.82, 2.24) is 9.97 Å². The van der Waals surface area contributed by atoms with E-state index >= 15 is 0 Å². The van der Waals surface area contributed by atoms with Gasteiger partial charge < -0.3 is 19.6 Å². The van der Waals surface area contributed by atoms with Crippen molar-refractivity contribution >= 4 is 46.0 Å². The Morgan fingerprint density at radius 1 is 0.406 bits per heavy atom. The van der Waals surface area contributed by atoms with Crippen LogP contribution in [0.2, 0.25) is 0 Å². The molecule has 5 rings (SSSR count). The van der Waals surface area contributed by atoms with Crippen molar-refractivity contribution in [2.75, 3.05) is 47.8 Å². The summed E-state index contributed by atoms with van der Waals surface area (Å²) in [7, 11) is 8.18. The molecule has 3 heterocycles. The highest BCUT2D eigenvalue weighted by molar-refractivity contribution is 5.73. The third-order valence-corrected chi connectivity index (χ3v) is 6.02. The lowest BCUT2D eigenvalue weighted by molar-refractivity contribution is 1.06. The molecule has 2 aromatic carbocycles. The molecule has 0 saturated carbocycles. The minimum Gasteiger partial charge on any atom is -0.329 e. The van der Waals surface area contributed by atoms with Gasteiger partial charge in [-0.25, -0.2) is 9.97 Å². The SMILES string of the molecule is CN1c2cccc(c2)N(C)c2cccc(n2)N(C)c2cccc(c2)N(C)c2cccc1n2. The van der Waals surface area contributed by atoms with Crippen LogP contribution < -0.4 is 19.6 Å². The summed E-state index contributed by atoms with van der Waals surface area (Å²) in [5, 5.41) is 0. The molecule has 0 radical (unpaired) electrons. The van der Waals surface area contributed by atoms with Crippen LogP contribution in [0.15, 0.2) is 84.9 Å². The highest BCUT2D eigenvalue weighted by Crippen LogP contribution is 2.34. The molecule has 2 aromatic heterocycles. The monoisotopic (exact) mass is 422 g/mol. The average Bonchev–Trinajstić information content (AvgIpc) is 2.86. The van der Waals surface area contributed by atoms with Crippen LogP contribution in [0.25, 0.3) is 0 Å². The van der Waals surface area contributed by atoms with Gasteiger partial charge in [0.2, 0.25) is 0 Å². The van der Waals surface area contributed by atoms with Crippen LogP contribution in [-0.2, 0) is 0 Å². The van der Waals surface area contributed by atoms with E-state index in [0.717, 1.165) is 46.0 Å². The van der Waals surface area contributed by atoms with E-state index in [1.807, 2.05) is 52.5 Å². The number of nitrogens with zero attached hydrogens (tertiary/aromatic N) is 6. The van der Waals surface area contributed by atoms with Gasteiger partial charge in [0, 0.05) is 50.9 Å². The fraction of sp³-hybridized carbons (Fsp3) is 0.154. The maximum atomic E-state index is 4.94. The van der Waals surface area contributed by atoms with Crippen LogP contribution >= 0.6 is 0 Å². The zero-order chi connectivity index (χ0) is 22.2. The van der Waals surface area contributed by atoms with E-state index in [-0.39, 0.29) is 0 Å². The van der Waals surface area contributed by atoms with Crippen LogP contribution in [0, 0.1) is 0 Å². The van der Waals surface area contributed by atoms with Crippen molar-refractivity contribution < 1.29 is 0 Å². The highest BCUT2D eigenvalue weighted by Gasteiger charge is 2.15. The molecule has 0 fully saturated rings. The Kier molecular flexibility index (Phi) is 4.90. The lowest BCUT2D eigenvalue weighted by atomic mass is 10.2. The molecule has 4 aromatic rings. The smallest absolute Gasteiger partial charge is 0.135 e. The van der Waals surface area contributed by atoms with Crippen molar-refractivity contribution in [1.29, 1.82) is 0 Å². The van der Waals surface area contributed by atoms with E-state index in [1.54, 1.807) is 0 Å². The summed E-state index contributed by atoms with van der Waals surface area (Å²) in [6.45, 7) is 0. The van der Waals surface area contributed by atoms with Crippen molar-refractivity contribution in [3.05, 3.63) is 84.9 Å². The molecule has 0 amide bonds. The largest absolute Gasteiger partial charge is 0.329 e. The van der Waals surface area contributed by atoms with Crippen LogP contribution in [-0.4, -0.2) is 38.2 Å². The Balaban J connectivity index is 1.72. The third kappa shape index (κ3) is 3.50. The van der Waals surface area contributed by atoms with Gasteiger partial charge in [-0.3, -0.25) is 0 Å². The predicted molar refractivity (Wildman–Crippen MR) is 134 cm³/mol. The van der Waals surface area contributed by atoms with E-state index in [4.69, 9.17) is 9.97 Å². The summed E-state index contributed by atoms with van der Waals surface area (Å²) in [4.78, 5) is 18.3. The maximum absolute atomic E-state index is 4.94. The van der Waals surface area contributed by atoms with Gasteiger partial charge in [-0.2, -0.15) is 0 Å². The van der Waals surface area contributed by atoms with E-state index in [1.165, 1.54) is 0 Å². The van der Waals surface area contributed by atoms with Crippen LogP contribution in [0.1, 0.15) is 0 Å². The molecule has 32 heavy (non-hydrogen) atoms. The fourth-order valence-corrected chi connectivity index (χ4v) is 3.92. The van der Waals surface area contributed by atoms with Crippen molar-refractivity contribution in [3.63, 3.8) is 0 Å². The number of fused-ring (bicyclic) bond motifs is 8. The summed E-state index contributed by atoms with van der Waals surface area (Å²) in [6.07, 6.45) is 0. The summed E-state index contributed by atoms with van der Waals surface area (Å²) in [5.74, 6) is 3.54. The average molecular weight is 423 g/mol. The second kappa shape index (κ2) is 7.89. The normalized spacial score (nSPS) is 13.4. The Hall–Kier alpha value is -4.06. The zero-order valence-corrected chi connectivity index (χ0v) is 18.8. The van der Waals surface area contributed by atoms with E-state index in [0.29, 0.717) is 0 Å². The summed E-state index contributed by atoms with van der Waals surface area (Å²) < 4.78 is 0. The number of aromatic nitrogens is 2. The highest BCUT2D eigenvalue weighted by atomic mass is 15.3. The quantitative estimate of drug-likeness (QED) is 0.353. The minimum atomic E-state index is 0.884. The molecule has 0 aliphatic carbocycles. The van der Waals surface area contributed by atoms with Gasteiger partial charge in [-0.05, 0) is 60.7 Å². The fourth-order valence-electron chi connectivity index (χ4n) is 3.92. The van der Waals surface area contributed by atoms with Crippen LogP contribution in [0.3, 0.4) is 0 Å². The molecule has 0 atom stereocenters. The van der Waals surface area contributed by atoms with Gasteiger partial charge in [-0.15, -0.1) is 0 Å². The number of anilines is 8. The Morgan fingerprint density at radius 2 is 0.656 bits per heavy atom. The van der Waals surface area contributed by atoms with Gasteiger partial charge in [0.05, 0.1) is 0 Å². The number of rotatable bonds is 0. The second-order valence-electron chi connectivity index (χ2n) is 7.98. The molecule has 0 spiro atoms. The van der Waals surface area contributed by atoms with Gasteiger partial charge in [0.15, 0.2) is 0 Å². The molecule has 160 valence electrons. The first-order valence-corrected chi connectivity index (χ1v) is 10.6. The lowest BCUT2D eigenvalue weighted by Crippen LogP contribution is -2.18. The first kappa shape index (κ1) is 19.9. The molecular formula is C26H26N6. The standard InChI is InChI=1S/C26H26N6/c1-29-19-9-5-10-20(17-19)30(2)25-15-8-16-26(28-25)32(4)22-12-6-11-21(18-22)31(3)24-14-7-13-23(29)27-24/h5-18H,1-4H3. The van der Waals surface area contributed by atoms with Gasteiger partial charge in [0.1, 0.15) is 23.3 Å². The molecule has 0 unspecified atom stereocenters. The number of hydrogen-bond acceptors (Lipinski definition) is 6. The molecule has 6 nitrogen and oxygen atoms in total. The molecule has 6 heteroatoms. The van der Waals surface area contributed by atoms with E-state index in [2.05, 4.69) is 80.3 Å².